The maximum atomic E-state index is 10.3. The van der Waals surface area contributed by atoms with Gasteiger partial charge in [-0.15, -0.1) is 0 Å². The monoisotopic (exact) mass is 254 g/mol. The SMILES string of the molecule is CCOC(C)(C)C(O)Cc1cc(CC)nn1CC. The van der Waals surface area contributed by atoms with Crippen LogP contribution in [0.2, 0.25) is 0 Å². The second-order valence-electron chi connectivity index (χ2n) is 5.05. The Labute approximate surface area is 110 Å². The Morgan fingerprint density at radius 3 is 2.56 bits per heavy atom. The number of aliphatic hydroxyl groups is 1. The summed E-state index contributed by atoms with van der Waals surface area (Å²) in [4.78, 5) is 0. The molecule has 1 unspecified atom stereocenters. The molecule has 0 saturated carbocycles. The van der Waals surface area contributed by atoms with Gasteiger partial charge in [0, 0.05) is 25.3 Å². The van der Waals surface area contributed by atoms with Crippen molar-refractivity contribution < 1.29 is 9.84 Å². The van der Waals surface area contributed by atoms with Crippen molar-refractivity contribution in [2.24, 2.45) is 0 Å². The largest absolute Gasteiger partial charge is 0.390 e. The van der Waals surface area contributed by atoms with Crippen molar-refractivity contribution in [2.75, 3.05) is 6.61 Å². The summed E-state index contributed by atoms with van der Waals surface area (Å²) < 4.78 is 7.55. The topological polar surface area (TPSA) is 47.3 Å². The molecule has 0 aliphatic heterocycles. The van der Waals surface area contributed by atoms with Gasteiger partial charge in [0.1, 0.15) is 0 Å². The highest BCUT2D eigenvalue weighted by atomic mass is 16.5. The fourth-order valence-corrected chi connectivity index (χ4v) is 2.04. The first-order valence-electron chi connectivity index (χ1n) is 6.82. The van der Waals surface area contributed by atoms with Gasteiger partial charge in [-0.2, -0.15) is 5.10 Å². The smallest absolute Gasteiger partial charge is 0.0887 e. The van der Waals surface area contributed by atoms with Gasteiger partial charge in [0.2, 0.25) is 0 Å². The number of hydrogen-bond acceptors (Lipinski definition) is 3. The highest BCUT2D eigenvalue weighted by Crippen LogP contribution is 2.19. The van der Waals surface area contributed by atoms with Crippen molar-refractivity contribution in [3.05, 3.63) is 17.5 Å². The maximum absolute atomic E-state index is 10.3. The first-order valence-corrected chi connectivity index (χ1v) is 6.82. The second kappa shape index (κ2) is 6.34. The van der Waals surface area contributed by atoms with Crippen LogP contribution in [0.15, 0.2) is 6.07 Å². The van der Waals surface area contributed by atoms with E-state index in [1.54, 1.807) is 0 Å². The molecule has 4 heteroatoms. The van der Waals surface area contributed by atoms with Crippen LogP contribution in [0.25, 0.3) is 0 Å². The fraction of sp³-hybridized carbons (Fsp3) is 0.786. The Morgan fingerprint density at radius 1 is 1.39 bits per heavy atom. The van der Waals surface area contributed by atoms with Crippen molar-refractivity contribution in [3.63, 3.8) is 0 Å². The number of ether oxygens (including phenoxy) is 1. The van der Waals surface area contributed by atoms with Crippen LogP contribution in [0.4, 0.5) is 0 Å². The third-order valence-electron chi connectivity index (χ3n) is 3.30. The van der Waals surface area contributed by atoms with Gasteiger partial charge in [-0.05, 0) is 40.2 Å². The molecule has 18 heavy (non-hydrogen) atoms. The molecule has 1 atom stereocenters. The number of hydrogen-bond donors (Lipinski definition) is 1. The quantitative estimate of drug-likeness (QED) is 0.811. The average molecular weight is 254 g/mol. The van der Waals surface area contributed by atoms with Crippen LogP contribution in [-0.4, -0.2) is 33.2 Å². The first kappa shape index (κ1) is 15.2. The molecule has 1 aromatic rings. The molecule has 1 N–H and O–H groups in total. The summed E-state index contributed by atoms with van der Waals surface area (Å²) in [5.41, 5.74) is 1.63. The normalized spacial score (nSPS) is 13.9. The lowest BCUT2D eigenvalue weighted by molar-refractivity contribution is -0.0960. The third-order valence-corrected chi connectivity index (χ3v) is 3.30. The van der Waals surface area contributed by atoms with E-state index in [1.807, 2.05) is 25.5 Å². The van der Waals surface area contributed by atoms with Crippen molar-refractivity contribution >= 4 is 0 Å². The Hall–Kier alpha value is -0.870. The van der Waals surface area contributed by atoms with Gasteiger partial charge < -0.3 is 9.84 Å². The van der Waals surface area contributed by atoms with Crippen LogP contribution in [0, 0.1) is 0 Å². The minimum absolute atomic E-state index is 0.524. The van der Waals surface area contributed by atoms with Crippen molar-refractivity contribution in [2.45, 2.75) is 65.7 Å². The summed E-state index contributed by atoms with van der Waals surface area (Å²) in [6, 6.07) is 2.08. The zero-order chi connectivity index (χ0) is 13.8. The van der Waals surface area contributed by atoms with Crippen molar-refractivity contribution in [3.8, 4) is 0 Å². The van der Waals surface area contributed by atoms with E-state index in [0.717, 1.165) is 24.4 Å². The number of aromatic nitrogens is 2. The standard InChI is InChI=1S/C14H26N2O2/c1-6-11-9-12(16(7-2)15-11)10-13(17)14(4,5)18-8-3/h9,13,17H,6-8,10H2,1-5H3. The molecular weight excluding hydrogens is 228 g/mol. The number of rotatable bonds is 7. The van der Waals surface area contributed by atoms with E-state index in [9.17, 15) is 5.11 Å². The third kappa shape index (κ3) is 3.56. The fourth-order valence-electron chi connectivity index (χ4n) is 2.04. The molecule has 0 amide bonds. The number of aliphatic hydroxyl groups excluding tert-OH is 1. The minimum Gasteiger partial charge on any atom is -0.390 e. The highest BCUT2D eigenvalue weighted by Gasteiger charge is 2.29. The lowest BCUT2D eigenvalue weighted by Gasteiger charge is -2.30. The zero-order valence-electron chi connectivity index (χ0n) is 12.2. The van der Waals surface area contributed by atoms with E-state index < -0.39 is 11.7 Å². The van der Waals surface area contributed by atoms with Gasteiger partial charge in [-0.25, -0.2) is 0 Å². The van der Waals surface area contributed by atoms with Crippen molar-refractivity contribution in [1.82, 2.24) is 9.78 Å². The van der Waals surface area contributed by atoms with Gasteiger partial charge in [-0.3, -0.25) is 4.68 Å². The van der Waals surface area contributed by atoms with Crippen LogP contribution in [0.1, 0.15) is 46.0 Å². The van der Waals surface area contributed by atoms with Gasteiger partial charge >= 0.3 is 0 Å². The average Bonchev–Trinajstić information content (AvgIpc) is 2.71. The predicted molar refractivity (Wildman–Crippen MR) is 72.7 cm³/mol. The van der Waals surface area contributed by atoms with E-state index in [-0.39, 0.29) is 0 Å². The molecule has 0 radical (unpaired) electrons. The van der Waals surface area contributed by atoms with E-state index in [2.05, 4.69) is 25.0 Å². The predicted octanol–water partition coefficient (Wildman–Crippen LogP) is 2.18. The highest BCUT2D eigenvalue weighted by molar-refractivity contribution is 5.12. The Balaban J connectivity index is 2.80. The molecule has 1 rings (SSSR count). The molecular formula is C14H26N2O2. The summed E-state index contributed by atoms with van der Waals surface area (Å²) in [6.07, 6.45) is 0.975. The summed E-state index contributed by atoms with van der Waals surface area (Å²) in [5, 5.41) is 14.8. The molecule has 0 bridgehead atoms. The van der Waals surface area contributed by atoms with Crippen LogP contribution in [0.3, 0.4) is 0 Å². The van der Waals surface area contributed by atoms with Gasteiger partial charge in [-0.1, -0.05) is 6.92 Å². The lowest BCUT2D eigenvalue weighted by atomic mass is 9.97. The molecule has 0 saturated heterocycles. The summed E-state index contributed by atoms with van der Waals surface area (Å²) in [6.45, 7) is 11.4. The Bertz CT molecular complexity index is 372. The van der Waals surface area contributed by atoms with Gasteiger partial charge in [0.15, 0.2) is 0 Å². The van der Waals surface area contributed by atoms with E-state index >= 15 is 0 Å². The lowest BCUT2D eigenvalue weighted by Crippen LogP contribution is -2.40. The summed E-state index contributed by atoms with van der Waals surface area (Å²) in [7, 11) is 0. The van der Waals surface area contributed by atoms with Crippen LogP contribution in [0.5, 0.6) is 0 Å². The van der Waals surface area contributed by atoms with Crippen molar-refractivity contribution in [1.29, 1.82) is 0 Å². The molecule has 104 valence electrons. The first-order chi connectivity index (χ1) is 8.44. The number of aryl methyl sites for hydroxylation is 2. The van der Waals surface area contributed by atoms with E-state index in [4.69, 9.17) is 4.74 Å². The molecule has 1 aromatic heterocycles. The van der Waals surface area contributed by atoms with E-state index in [1.165, 1.54) is 0 Å². The van der Waals surface area contributed by atoms with Crippen LogP contribution < -0.4 is 0 Å². The van der Waals surface area contributed by atoms with Gasteiger partial charge in [0.25, 0.3) is 0 Å². The molecule has 0 fully saturated rings. The zero-order valence-corrected chi connectivity index (χ0v) is 12.2. The van der Waals surface area contributed by atoms with Crippen LogP contribution in [-0.2, 0) is 24.1 Å². The summed E-state index contributed by atoms with van der Waals surface area (Å²) in [5.74, 6) is 0. The molecule has 0 aliphatic carbocycles. The maximum Gasteiger partial charge on any atom is 0.0887 e. The molecule has 4 nitrogen and oxygen atoms in total. The summed E-state index contributed by atoms with van der Waals surface area (Å²) >= 11 is 0. The molecule has 0 aliphatic rings. The Morgan fingerprint density at radius 2 is 2.06 bits per heavy atom. The molecule has 0 aromatic carbocycles. The molecule has 1 heterocycles. The number of nitrogens with zero attached hydrogens (tertiary/aromatic N) is 2. The molecule has 0 spiro atoms. The Kier molecular flexibility index (Phi) is 5.35. The van der Waals surface area contributed by atoms with E-state index in [0.29, 0.717) is 13.0 Å². The second-order valence-corrected chi connectivity index (χ2v) is 5.05. The van der Waals surface area contributed by atoms with Crippen LogP contribution >= 0.6 is 0 Å². The minimum atomic E-state index is -0.524. The van der Waals surface area contributed by atoms with Gasteiger partial charge in [0.05, 0.1) is 17.4 Å².